The molecule has 0 aromatic heterocycles. The van der Waals surface area contributed by atoms with Crippen LogP contribution in [0.2, 0.25) is 0 Å². The lowest BCUT2D eigenvalue weighted by Crippen LogP contribution is -2.43. The number of rotatable bonds is 4. The first-order chi connectivity index (χ1) is 9.24. The Kier molecular flexibility index (Phi) is 3.50. The smallest absolute Gasteiger partial charge is 0.320 e. The monoisotopic (exact) mass is 262 g/mol. The molecule has 102 valence electrons. The number of hydrogen-bond acceptors (Lipinski definition) is 4. The normalized spacial score (nSPS) is 30.4. The van der Waals surface area contributed by atoms with Crippen molar-refractivity contribution in [2.45, 2.75) is 31.5 Å². The van der Waals surface area contributed by atoms with Crippen molar-refractivity contribution in [3.05, 3.63) is 35.9 Å². The quantitative estimate of drug-likeness (QED) is 0.886. The maximum atomic E-state index is 11.1. The van der Waals surface area contributed by atoms with E-state index in [2.05, 4.69) is 0 Å². The minimum atomic E-state index is -0.719. The zero-order valence-corrected chi connectivity index (χ0v) is 10.7. The van der Waals surface area contributed by atoms with E-state index in [0.29, 0.717) is 25.7 Å². The summed E-state index contributed by atoms with van der Waals surface area (Å²) < 4.78 is 0. The molecule has 2 heterocycles. The summed E-state index contributed by atoms with van der Waals surface area (Å²) in [5, 5.41) is 11.1. The lowest BCUT2D eigenvalue weighted by molar-refractivity contribution is -0.182. The molecule has 0 saturated carbocycles. The highest BCUT2D eigenvalue weighted by atomic mass is 16.7. The molecule has 5 nitrogen and oxygen atoms in total. The predicted molar refractivity (Wildman–Crippen MR) is 69.1 cm³/mol. The molecule has 3 atom stereocenters. The van der Waals surface area contributed by atoms with Crippen LogP contribution < -0.4 is 0 Å². The van der Waals surface area contributed by atoms with Crippen LogP contribution in [0.25, 0.3) is 0 Å². The average molecular weight is 262 g/mol. The lowest BCUT2D eigenvalue weighted by Gasteiger charge is -2.27. The topological polar surface area (TPSA) is 53.0 Å². The SMILES string of the molecule is O=C(O)C1CCC2CN1CN2OCc1ccccc1. The van der Waals surface area contributed by atoms with E-state index in [1.54, 1.807) is 0 Å². The van der Waals surface area contributed by atoms with Crippen molar-refractivity contribution in [1.82, 2.24) is 9.96 Å². The Morgan fingerprint density at radius 1 is 1.32 bits per heavy atom. The molecule has 1 aromatic carbocycles. The summed E-state index contributed by atoms with van der Waals surface area (Å²) >= 11 is 0. The fraction of sp³-hybridized carbons (Fsp3) is 0.500. The third-order valence-electron chi connectivity index (χ3n) is 3.91. The van der Waals surface area contributed by atoms with Crippen molar-refractivity contribution in [2.75, 3.05) is 13.2 Å². The number of piperidine rings is 1. The maximum absolute atomic E-state index is 11.1. The molecule has 2 bridgehead atoms. The first-order valence-electron chi connectivity index (χ1n) is 6.64. The van der Waals surface area contributed by atoms with E-state index in [4.69, 9.17) is 9.94 Å². The van der Waals surface area contributed by atoms with Gasteiger partial charge in [0.15, 0.2) is 0 Å². The number of carboxylic acid groups (broad SMARTS) is 1. The van der Waals surface area contributed by atoms with Crippen molar-refractivity contribution < 1.29 is 14.7 Å². The van der Waals surface area contributed by atoms with Crippen molar-refractivity contribution in [3.63, 3.8) is 0 Å². The Morgan fingerprint density at radius 3 is 2.84 bits per heavy atom. The second kappa shape index (κ2) is 5.28. The van der Waals surface area contributed by atoms with E-state index in [0.717, 1.165) is 18.5 Å². The molecule has 5 heteroatoms. The zero-order chi connectivity index (χ0) is 13.2. The van der Waals surface area contributed by atoms with Crippen LogP contribution in [0.15, 0.2) is 30.3 Å². The van der Waals surface area contributed by atoms with Gasteiger partial charge in [-0.2, -0.15) is 5.06 Å². The van der Waals surface area contributed by atoms with Gasteiger partial charge in [-0.25, -0.2) is 0 Å². The minimum absolute atomic E-state index is 0.333. The number of carboxylic acids is 1. The van der Waals surface area contributed by atoms with E-state index in [1.165, 1.54) is 0 Å². The van der Waals surface area contributed by atoms with Crippen LogP contribution in [0.5, 0.6) is 0 Å². The molecule has 3 unspecified atom stereocenters. The van der Waals surface area contributed by atoms with E-state index < -0.39 is 5.97 Å². The van der Waals surface area contributed by atoms with Crippen molar-refractivity contribution >= 4 is 5.97 Å². The van der Waals surface area contributed by atoms with E-state index >= 15 is 0 Å². The molecule has 1 aromatic rings. The van der Waals surface area contributed by atoms with Gasteiger partial charge in [0.1, 0.15) is 6.04 Å². The summed E-state index contributed by atoms with van der Waals surface area (Å²) in [5.41, 5.74) is 1.13. The number of fused-ring (bicyclic) bond motifs is 2. The van der Waals surface area contributed by atoms with Gasteiger partial charge >= 0.3 is 5.97 Å². The standard InChI is InChI=1S/C14H18N2O3/c17-14(18)13-7-6-12-8-15(13)10-16(12)19-9-11-4-2-1-3-5-11/h1-5,12-13H,6-10H2,(H,17,18). The second-order valence-corrected chi connectivity index (χ2v) is 5.17. The Morgan fingerprint density at radius 2 is 2.11 bits per heavy atom. The third-order valence-corrected chi connectivity index (χ3v) is 3.91. The first kappa shape index (κ1) is 12.6. The van der Waals surface area contributed by atoms with Crippen LogP contribution >= 0.6 is 0 Å². The van der Waals surface area contributed by atoms with Crippen LogP contribution in [0.4, 0.5) is 0 Å². The largest absolute Gasteiger partial charge is 0.480 e. The molecule has 3 rings (SSSR count). The number of aliphatic carboxylic acids is 1. The summed E-state index contributed by atoms with van der Waals surface area (Å²) in [7, 11) is 0. The summed E-state index contributed by atoms with van der Waals surface area (Å²) in [6, 6.07) is 10.0. The van der Waals surface area contributed by atoms with Crippen molar-refractivity contribution in [2.24, 2.45) is 0 Å². The van der Waals surface area contributed by atoms with Crippen molar-refractivity contribution in [1.29, 1.82) is 0 Å². The number of carbonyl (C=O) groups is 1. The molecule has 2 fully saturated rings. The maximum Gasteiger partial charge on any atom is 0.320 e. The van der Waals surface area contributed by atoms with E-state index in [1.807, 2.05) is 40.3 Å². The molecule has 0 amide bonds. The zero-order valence-electron chi connectivity index (χ0n) is 10.7. The molecular weight excluding hydrogens is 244 g/mol. The highest BCUT2D eigenvalue weighted by Gasteiger charge is 2.42. The van der Waals surface area contributed by atoms with Gasteiger partial charge in [0.2, 0.25) is 0 Å². The highest BCUT2D eigenvalue weighted by Crippen LogP contribution is 2.28. The van der Waals surface area contributed by atoms with Gasteiger partial charge in [-0.1, -0.05) is 30.3 Å². The molecule has 0 radical (unpaired) electrons. The van der Waals surface area contributed by atoms with Crippen LogP contribution in [0, 0.1) is 0 Å². The second-order valence-electron chi connectivity index (χ2n) is 5.17. The van der Waals surface area contributed by atoms with Gasteiger partial charge in [-0.15, -0.1) is 0 Å². The Labute approximate surface area is 112 Å². The van der Waals surface area contributed by atoms with E-state index in [9.17, 15) is 4.79 Å². The lowest BCUT2D eigenvalue weighted by atomic mass is 10.0. The molecule has 2 aliphatic heterocycles. The average Bonchev–Trinajstić information content (AvgIpc) is 2.74. The van der Waals surface area contributed by atoms with Gasteiger partial charge in [0, 0.05) is 12.6 Å². The highest BCUT2D eigenvalue weighted by molar-refractivity contribution is 5.73. The van der Waals surface area contributed by atoms with Gasteiger partial charge in [0.25, 0.3) is 0 Å². The molecule has 0 spiro atoms. The molecule has 0 aliphatic carbocycles. The molecule has 1 N–H and O–H groups in total. The first-order valence-corrected chi connectivity index (χ1v) is 6.64. The Hall–Kier alpha value is -1.43. The fourth-order valence-electron chi connectivity index (χ4n) is 2.87. The number of hydrogen-bond donors (Lipinski definition) is 1. The summed E-state index contributed by atoms with van der Waals surface area (Å²) in [5.74, 6) is -0.719. The van der Waals surface area contributed by atoms with Gasteiger partial charge in [-0.05, 0) is 18.4 Å². The fourth-order valence-corrected chi connectivity index (χ4v) is 2.87. The number of nitrogens with zero attached hydrogens (tertiary/aromatic N) is 2. The molecule has 2 saturated heterocycles. The Bertz CT molecular complexity index is 451. The van der Waals surface area contributed by atoms with Crippen LogP contribution in [-0.4, -0.2) is 46.3 Å². The van der Waals surface area contributed by atoms with Crippen molar-refractivity contribution in [3.8, 4) is 0 Å². The number of benzene rings is 1. The predicted octanol–water partition coefficient (Wildman–Crippen LogP) is 1.31. The minimum Gasteiger partial charge on any atom is -0.480 e. The summed E-state index contributed by atoms with van der Waals surface area (Å²) in [6.07, 6.45) is 1.60. The van der Waals surface area contributed by atoms with Crippen LogP contribution in [0.3, 0.4) is 0 Å². The van der Waals surface area contributed by atoms with Gasteiger partial charge in [-0.3, -0.25) is 14.5 Å². The van der Waals surface area contributed by atoms with E-state index in [-0.39, 0.29) is 6.04 Å². The van der Waals surface area contributed by atoms with Gasteiger partial charge < -0.3 is 5.11 Å². The summed E-state index contributed by atoms with van der Waals surface area (Å²) in [4.78, 5) is 18.9. The van der Waals surface area contributed by atoms with Gasteiger partial charge in [0.05, 0.1) is 13.3 Å². The number of hydroxylamine groups is 2. The summed E-state index contributed by atoms with van der Waals surface area (Å²) in [6.45, 7) is 1.93. The van der Waals surface area contributed by atoms with Crippen LogP contribution in [-0.2, 0) is 16.2 Å². The molecule has 19 heavy (non-hydrogen) atoms. The molecular formula is C14H18N2O3. The third kappa shape index (κ3) is 2.63. The Balaban J connectivity index is 1.58. The van der Waals surface area contributed by atoms with Crippen LogP contribution in [0.1, 0.15) is 18.4 Å². The molecule has 2 aliphatic rings.